The number of ether oxygens (including phenoxy) is 4. The first kappa shape index (κ1) is 23.5. The van der Waals surface area contributed by atoms with Crippen molar-refractivity contribution in [3.05, 3.63) is 46.6 Å². The predicted molar refractivity (Wildman–Crippen MR) is 131 cm³/mol. The summed E-state index contributed by atoms with van der Waals surface area (Å²) >= 11 is 0. The van der Waals surface area contributed by atoms with Crippen molar-refractivity contribution >= 4 is 14.5 Å². The second kappa shape index (κ2) is 7.88. The molecule has 1 spiro atoms. The summed E-state index contributed by atoms with van der Waals surface area (Å²) in [5.74, 6) is 1.29. The minimum absolute atomic E-state index is 0.137. The molecule has 0 radical (unpaired) electrons. The minimum Gasteiger partial charge on any atom is -0.454 e. The summed E-state index contributed by atoms with van der Waals surface area (Å²) in [6, 6.07) is 7.05. The van der Waals surface area contributed by atoms with Crippen LogP contribution in [0, 0.1) is 5.41 Å². The number of benzene rings is 1. The van der Waals surface area contributed by atoms with E-state index in [4.69, 9.17) is 23.4 Å². The zero-order valence-electron chi connectivity index (χ0n) is 21.2. The van der Waals surface area contributed by atoms with E-state index in [0.29, 0.717) is 17.9 Å². The topological polar surface area (TPSA) is 63.2 Å². The third kappa shape index (κ3) is 2.99. The molecule has 0 amide bonds. The lowest BCUT2D eigenvalue weighted by Crippen LogP contribution is -2.54. The first-order chi connectivity index (χ1) is 16.1. The molecule has 34 heavy (non-hydrogen) atoms. The summed E-state index contributed by atoms with van der Waals surface area (Å²) < 4.78 is 31.1. The van der Waals surface area contributed by atoms with Crippen molar-refractivity contribution < 1.29 is 28.2 Å². The number of carbonyl (C=O) groups is 1. The fraction of sp³-hybridized carbons (Fsp3) is 0.593. The molecular formula is C27H36O6Si. The molecule has 0 saturated carbocycles. The predicted octanol–water partition coefficient (Wildman–Crippen LogP) is 7.13. The van der Waals surface area contributed by atoms with E-state index < -0.39 is 31.6 Å². The normalized spacial score (nSPS) is 29.1. The highest BCUT2D eigenvalue weighted by molar-refractivity contribution is 6.73. The molecular weight excluding hydrogens is 448 g/mol. The van der Waals surface area contributed by atoms with E-state index >= 15 is 0 Å². The molecule has 5 rings (SSSR count). The van der Waals surface area contributed by atoms with Crippen LogP contribution in [0.2, 0.25) is 18.1 Å². The first-order valence-electron chi connectivity index (χ1n) is 12.5. The van der Waals surface area contributed by atoms with E-state index in [2.05, 4.69) is 48.1 Å². The molecule has 0 N–H and O–H groups in total. The second-order valence-electron chi connectivity index (χ2n) is 10.6. The maximum atomic E-state index is 12.8. The van der Waals surface area contributed by atoms with Crippen molar-refractivity contribution in [3.63, 3.8) is 0 Å². The van der Waals surface area contributed by atoms with E-state index in [1.165, 1.54) is 5.57 Å². The monoisotopic (exact) mass is 484 g/mol. The Morgan fingerprint density at radius 3 is 2.53 bits per heavy atom. The molecule has 184 valence electrons. The van der Waals surface area contributed by atoms with E-state index in [1.54, 1.807) is 0 Å². The van der Waals surface area contributed by atoms with Crippen molar-refractivity contribution in [1.82, 2.24) is 0 Å². The molecule has 1 fully saturated rings. The zero-order chi connectivity index (χ0) is 24.5. The van der Waals surface area contributed by atoms with Crippen molar-refractivity contribution in [2.75, 3.05) is 6.79 Å². The van der Waals surface area contributed by atoms with Crippen LogP contribution in [0.1, 0.15) is 77.7 Å². The Kier molecular flexibility index (Phi) is 5.45. The van der Waals surface area contributed by atoms with Crippen molar-refractivity contribution in [2.45, 2.75) is 90.3 Å². The number of rotatable bonds is 5. The number of hydrogen-bond donors (Lipinski definition) is 0. The zero-order valence-corrected chi connectivity index (χ0v) is 22.2. The van der Waals surface area contributed by atoms with Gasteiger partial charge in [-0.1, -0.05) is 52.8 Å². The van der Waals surface area contributed by atoms with Crippen molar-refractivity contribution in [3.8, 4) is 11.5 Å². The summed E-state index contributed by atoms with van der Waals surface area (Å²) in [4.78, 5) is 12.8. The van der Waals surface area contributed by atoms with Crippen LogP contribution >= 0.6 is 0 Å². The third-order valence-corrected chi connectivity index (χ3v) is 13.6. The van der Waals surface area contributed by atoms with Crippen LogP contribution in [0.15, 0.2) is 35.4 Å². The van der Waals surface area contributed by atoms with E-state index in [1.807, 2.05) is 12.1 Å². The maximum Gasteiger partial charge on any atom is 0.509 e. The quantitative estimate of drug-likeness (QED) is 0.327. The largest absolute Gasteiger partial charge is 0.509 e. The van der Waals surface area contributed by atoms with Crippen molar-refractivity contribution in [2.24, 2.45) is 5.41 Å². The van der Waals surface area contributed by atoms with Crippen LogP contribution in [0.4, 0.5) is 4.79 Å². The molecule has 2 aliphatic carbocycles. The Balaban J connectivity index is 1.83. The Morgan fingerprint density at radius 1 is 1.15 bits per heavy atom. The standard InChI is InChI=1S/C27H36O6Si/c1-8-34(9-2,10-3)33-22-17(5)21-16(4)13-14-27(26(21,6)7)24(31-25(28)32-27)20-18(22)11-12-19-23(20)30-15-29-19/h11-12,22,24H,5,8-10,13-15H2,1-4,6-7H3/t22-,24+,27-/m1/s1. The van der Waals surface area contributed by atoms with Crippen LogP contribution in [0.3, 0.4) is 0 Å². The van der Waals surface area contributed by atoms with E-state index in [-0.39, 0.29) is 12.9 Å². The smallest absolute Gasteiger partial charge is 0.454 e. The lowest BCUT2D eigenvalue weighted by atomic mass is 9.56. The number of fused-ring (bicyclic) bond motifs is 5. The van der Waals surface area contributed by atoms with Gasteiger partial charge in [-0.25, -0.2) is 4.79 Å². The van der Waals surface area contributed by atoms with Crippen LogP contribution in [-0.4, -0.2) is 26.9 Å². The van der Waals surface area contributed by atoms with Gasteiger partial charge in [0.25, 0.3) is 0 Å². The van der Waals surface area contributed by atoms with E-state index in [9.17, 15) is 4.79 Å². The average molecular weight is 485 g/mol. The number of allylic oxidation sites excluding steroid dienone is 1. The van der Waals surface area contributed by atoms with Gasteiger partial charge < -0.3 is 23.4 Å². The molecule has 1 aromatic carbocycles. The Bertz CT molecular complexity index is 1080. The minimum atomic E-state index is -2.03. The lowest BCUT2D eigenvalue weighted by Gasteiger charge is -2.52. The molecule has 2 bridgehead atoms. The molecule has 0 aromatic heterocycles. The highest BCUT2D eigenvalue weighted by Gasteiger charge is 2.66. The maximum absolute atomic E-state index is 12.8. The summed E-state index contributed by atoms with van der Waals surface area (Å²) in [5, 5.41) is 0. The Hall–Kier alpha value is -2.25. The summed E-state index contributed by atoms with van der Waals surface area (Å²) in [5.41, 5.74) is 3.73. The fourth-order valence-electron chi connectivity index (χ4n) is 6.79. The van der Waals surface area contributed by atoms with Gasteiger partial charge in [0.2, 0.25) is 6.79 Å². The second-order valence-corrected chi connectivity index (χ2v) is 15.3. The molecule has 4 aliphatic rings. The first-order valence-corrected chi connectivity index (χ1v) is 15.1. The molecule has 2 heterocycles. The van der Waals surface area contributed by atoms with Gasteiger partial charge in [0.15, 0.2) is 31.5 Å². The summed E-state index contributed by atoms with van der Waals surface area (Å²) in [6.45, 7) is 18.0. The van der Waals surface area contributed by atoms with Gasteiger partial charge in [-0.15, -0.1) is 0 Å². The van der Waals surface area contributed by atoms with Gasteiger partial charge in [-0.2, -0.15) is 0 Å². The average Bonchev–Trinajstić information content (AvgIpc) is 3.42. The van der Waals surface area contributed by atoms with E-state index in [0.717, 1.165) is 46.8 Å². The Morgan fingerprint density at radius 2 is 1.85 bits per heavy atom. The van der Waals surface area contributed by atoms with Crippen LogP contribution in [0.25, 0.3) is 0 Å². The molecule has 2 aliphatic heterocycles. The molecule has 1 saturated heterocycles. The highest BCUT2D eigenvalue weighted by atomic mass is 28.4. The van der Waals surface area contributed by atoms with Gasteiger partial charge in [-0.3, -0.25) is 0 Å². The number of hydrogen-bond acceptors (Lipinski definition) is 6. The molecule has 3 atom stereocenters. The lowest BCUT2D eigenvalue weighted by molar-refractivity contribution is -0.0710. The van der Waals surface area contributed by atoms with Crippen LogP contribution < -0.4 is 9.47 Å². The van der Waals surface area contributed by atoms with Gasteiger partial charge in [0.05, 0.1) is 6.10 Å². The molecule has 6 nitrogen and oxygen atoms in total. The van der Waals surface area contributed by atoms with Gasteiger partial charge in [-0.05, 0) is 60.7 Å². The van der Waals surface area contributed by atoms with Gasteiger partial charge in [0.1, 0.15) is 0 Å². The summed E-state index contributed by atoms with van der Waals surface area (Å²) in [6.07, 6.45) is -0.132. The van der Waals surface area contributed by atoms with Crippen LogP contribution in [-0.2, 0) is 13.9 Å². The van der Waals surface area contributed by atoms with Crippen molar-refractivity contribution in [1.29, 1.82) is 0 Å². The van der Waals surface area contributed by atoms with Crippen LogP contribution in [0.5, 0.6) is 11.5 Å². The number of carbonyl (C=O) groups excluding carboxylic acids is 1. The van der Waals surface area contributed by atoms with Gasteiger partial charge >= 0.3 is 6.16 Å². The highest BCUT2D eigenvalue weighted by Crippen LogP contribution is 2.65. The molecule has 1 aromatic rings. The molecule has 0 unspecified atom stereocenters. The third-order valence-electron chi connectivity index (χ3n) is 8.98. The molecule has 7 heteroatoms. The fourth-order valence-corrected chi connectivity index (χ4v) is 9.56. The summed E-state index contributed by atoms with van der Waals surface area (Å²) in [7, 11) is -2.03. The van der Waals surface area contributed by atoms with Gasteiger partial charge in [0, 0.05) is 11.0 Å². The SMILES string of the molecule is C=C1C2=C(C)CC[C@]3(OC(=O)O[C@H]3c3c(ccc4c3OCO4)[C@@H]1O[Si](CC)(CC)CC)C2(C)C. The Labute approximate surface area is 203 Å².